The first-order valence-electron chi connectivity index (χ1n) is 7.88. The van der Waals surface area contributed by atoms with E-state index in [4.69, 9.17) is 4.74 Å². The summed E-state index contributed by atoms with van der Waals surface area (Å²) in [5.74, 6) is -0.109. The highest BCUT2D eigenvalue weighted by Gasteiger charge is 2.13. The van der Waals surface area contributed by atoms with Crippen molar-refractivity contribution in [2.75, 3.05) is 18.5 Å². The Kier molecular flexibility index (Phi) is 5.95. The van der Waals surface area contributed by atoms with Crippen molar-refractivity contribution in [3.05, 3.63) is 59.2 Å². The number of carbonyl (C=O) groups is 2. The second-order valence-electron chi connectivity index (χ2n) is 5.46. The lowest BCUT2D eigenvalue weighted by molar-refractivity contribution is -0.115. The van der Waals surface area contributed by atoms with Crippen molar-refractivity contribution in [3.8, 4) is 5.75 Å². The van der Waals surface area contributed by atoms with Gasteiger partial charge < -0.3 is 15.4 Å². The molecule has 2 rings (SSSR count). The summed E-state index contributed by atoms with van der Waals surface area (Å²) in [6, 6.07) is 12.6. The van der Waals surface area contributed by atoms with Crippen LogP contribution in [-0.4, -0.2) is 25.0 Å². The van der Waals surface area contributed by atoms with E-state index in [1.165, 1.54) is 0 Å². The summed E-state index contributed by atoms with van der Waals surface area (Å²) < 4.78 is 5.42. The number of para-hydroxylation sites is 1. The largest absolute Gasteiger partial charge is 0.493 e. The minimum Gasteiger partial charge on any atom is -0.493 e. The van der Waals surface area contributed by atoms with Crippen LogP contribution < -0.4 is 15.4 Å². The Labute approximate surface area is 142 Å². The second kappa shape index (κ2) is 8.15. The van der Waals surface area contributed by atoms with E-state index in [1.807, 2.05) is 39.0 Å². The summed E-state index contributed by atoms with van der Waals surface area (Å²) in [5.41, 5.74) is 3.39. The predicted octanol–water partition coefficient (Wildman–Crippen LogP) is 3.07. The monoisotopic (exact) mass is 326 g/mol. The SMILES string of the molecule is CCOc1ccccc1C(=O)NCC(=O)Nc1ccc(C)c(C)c1. The molecule has 0 saturated carbocycles. The maximum Gasteiger partial charge on any atom is 0.255 e. The molecule has 0 bridgehead atoms. The molecule has 24 heavy (non-hydrogen) atoms. The molecule has 5 nitrogen and oxygen atoms in total. The first kappa shape index (κ1) is 17.5. The zero-order valence-electron chi connectivity index (χ0n) is 14.2. The smallest absolute Gasteiger partial charge is 0.255 e. The van der Waals surface area contributed by atoms with Gasteiger partial charge in [-0.3, -0.25) is 9.59 Å². The van der Waals surface area contributed by atoms with E-state index in [2.05, 4.69) is 10.6 Å². The van der Waals surface area contributed by atoms with Gasteiger partial charge in [-0.05, 0) is 56.2 Å². The Balaban J connectivity index is 1.94. The average molecular weight is 326 g/mol. The average Bonchev–Trinajstić information content (AvgIpc) is 2.57. The van der Waals surface area contributed by atoms with Crippen molar-refractivity contribution in [1.82, 2.24) is 5.32 Å². The molecular weight excluding hydrogens is 304 g/mol. The van der Waals surface area contributed by atoms with Crippen LogP contribution in [0.25, 0.3) is 0 Å². The van der Waals surface area contributed by atoms with Crippen molar-refractivity contribution >= 4 is 17.5 Å². The van der Waals surface area contributed by atoms with Crippen molar-refractivity contribution in [3.63, 3.8) is 0 Å². The lowest BCUT2D eigenvalue weighted by Crippen LogP contribution is -2.33. The van der Waals surface area contributed by atoms with Crippen LogP contribution in [0.5, 0.6) is 5.75 Å². The third-order valence-corrected chi connectivity index (χ3v) is 3.63. The first-order chi connectivity index (χ1) is 11.5. The molecule has 0 aliphatic carbocycles. The predicted molar refractivity (Wildman–Crippen MR) is 94.5 cm³/mol. The van der Waals surface area contributed by atoms with Gasteiger partial charge in [0.05, 0.1) is 18.7 Å². The minimum atomic E-state index is -0.339. The molecule has 0 aliphatic rings. The van der Waals surface area contributed by atoms with Gasteiger partial charge in [-0.1, -0.05) is 18.2 Å². The summed E-state index contributed by atoms with van der Waals surface area (Å²) in [5, 5.41) is 5.38. The van der Waals surface area contributed by atoms with Gasteiger partial charge in [0.1, 0.15) is 5.75 Å². The number of nitrogens with one attached hydrogen (secondary N) is 2. The van der Waals surface area contributed by atoms with Crippen LogP contribution in [0, 0.1) is 13.8 Å². The van der Waals surface area contributed by atoms with Crippen LogP contribution >= 0.6 is 0 Å². The fraction of sp³-hybridized carbons (Fsp3) is 0.263. The zero-order chi connectivity index (χ0) is 17.5. The standard InChI is InChI=1S/C19H22N2O3/c1-4-24-17-8-6-5-7-16(17)19(23)20-12-18(22)21-15-10-9-13(2)14(3)11-15/h5-11H,4,12H2,1-3H3,(H,20,23)(H,21,22). The quantitative estimate of drug-likeness (QED) is 0.857. The molecule has 5 heteroatoms. The van der Waals surface area contributed by atoms with Gasteiger partial charge in [-0.15, -0.1) is 0 Å². The molecule has 2 N–H and O–H groups in total. The highest BCUT2D eigenvalue weighted by Crippen LogP contribution is 2.17. The molecule has 0 unspecified atom stereocenters. The van der Waals surface area contributed by atoms with Crippen LogP contribution in [0.4, 0.5) is 5.69 Å². The van der Waals surface area contributed by atoms with Crippen LogP contribution in [0.15, 0.2) is 42.5 Å². The third kappa shape index (κ3) is 4.59. The molecule has 0 aromatic heterocycles. The second-order valence-corrected chi connectivity index (χ2v) is 5.46. The summed E-state index contributed by atoms with van der Waals surface area (Å²) in [7, 11) is 0. The Morgan fingerprint density at radius 2 is 1.79 bits per heavy atom. The van der Waals surface area contributed by atoms with E-state index < -0.39 is 0 Å². The highest BCUT2D eigenvalue weighted by molar-refractivity contribution is 6.00. The van der Waals surface area contributed by atoms with Crippen LogP contribution in [-0.2, 0) is 4.79 Å². The molecule has 0 heterocycles. The maximum atomic E-state index is 12.2. The normalized spacial score (nSPS) is 10.1. The van der Waals surface area contributed by atoms with Gasteiger partial charge in [-0.25, -0.2) is 0 Å². The molecule has 2 aromatic carbocycles. The topological polar surface area (TPSA) is 67.4 Å². The Bertz CT molecular complexity index is 741. The number of carbonyl (C=O) groups excluding carboxylic acids is 2. The van der Waals surface area contributed by atoms with Gasteiger partial charge in [0, 0.05) is 5.69 Å². The van der Waals surface area contributed by atoms with Gasteiger partial charge in [-0.2, -0.15) is 0 Å². The van der Waals surface area contributed by atoms with E-state index in [0.717, 1.165) is 11.1 Å². The zero-order valence-corrected chi connectivity index (χ0v) is 14.2. The Hall–Kier alpha value is -2.82. The maximum absolute atomic E-state index is 12.2. The number of rotatable bonds is 6. The van der Waals surface area contributed by atoms with Crippen molar-refractivity contribution in [2.45, 2.75) is 20.8 Å². The van der Waals surface area contributed by atoms with Crippen molar-refractivity contribution in [2.24, 2.45) is 0 Å². The molecule has 0 saturated heterocycles. The van der Waals surface area contributed by atoms with Crippen molar-refractivity contribution in [1.29, 1.82) is 0 Å². The Morgan fingerprint density at radius 3 is 2.50 bits per heavy atom. The first-order valence-corrected chi connectivity index (χ1v) is 7.88. The summed E-state index contributed by atoms with van der Waals surface area (Å²) in [6.07, 6.45) is 0. The number of aryl methyl sites for hydroxylation is 2. The molecule has 0 spiro atoms. The summed E-state index contributed by atoms with van der Waals surface area (Å²) in [6.45, 7) is 6.21. The van der Waals surface area contributed by atoms with E-state index in [9.17, 15) is 9.59 Å². The molecule has 0 aliphatic heterocycles. The van der Waals surface area contributed by atoms with E-state index >= 15 is 0 Å². The fourth-order valence-corrected chi connectivity index (χ4v) is 2.22. The molecule has 2 aromatic rings. The fourth-order valence-electron chi connectivity index (χ4n) is 2.22. The number of amides is 2. The highest BCUT2D eigenvalue weighted by atomic mass is 16.5. The summed E-state index contributed by atoms with van der Waals surface area (Å²) >= 11 is 0. The molecule has 126 valence electrons. The number of ether oxygens (including phenoxy) is 1. The van der Waals surface area contributed by atoms with Crippen molar-refractivity contribution < 1.29 is 14.3 Å². The number of hydrogen-bond donors (Lipinski definition) is 2. The lowest BCUT2D eigenvalue weighted by Gasteiger charge is -2.11. The van der Waals surface area contributed by atoms with E-state index in [1.54, 1.807) is 24.3 Å². The third-order valence-electron chi connectivity index (χ3n) is 3.63. The number of anilines is 1. The van der Waals surface area contributed by atoms with Gasteiger partial charge in [0.25, 0.3) is 5.91 Å². The molecule has 2 amide bonds. The van der Waals surface area contributed by atoms with Gasteiger partial charge in [0.15, 0.2) is 0 Å². The molecule has 0 fully saturated rings. The van der Waals surface area contributed by atoms with Crippen LogP contribution in [0.3, 0.4) is 0 Å². The molecule has 0 atom stereocenters. The van der Waals surface area contributed by atoms with Gasteiger partial charge in [0.2, 0.25) is 5.91 Å². The summed E-state index contributed by atoms with van der Waals surface area (Å²) in [4.78, 5) is 24.2. The number of benzene rings is 2. The van der Waals surface area contributed by atoms with Gasteiger partial charge >= 0.3 is 0 Å². The Morgan fingerprint density at radius 1 is 1.04 bits per heavy atom. The van der Waals surface area contributed by atoms with E-state index in [0.29, 0.717) is 23.6 Å². The molecule has 0 radical (unpaired) electrons. The molecular formula is C19H22N2O3. The lowest BCUT2D eigenvalue weighted by atomic mass is 10.1. The van der Waals surface area contributed by atoms with Crippen LogP contribution in [0.1, 0.15) is 28.4 Å². The number of hydrogen-bond acceptors (Lipinski definition) is 3. The minimum absolute atomic E-state index is 0.105. The van der Waals surface area contributed by atoms with Crippen LogP contribution in [0.2, 0.25) is 0 Å². The van der Waals surface area contributed by atoms with E-state index in [-0.39, 0.29) is 18.4 Å².